The minimum atomic E-state index is -0.0560. The summed E-state index contributed by atoms with van der Waals surface area (Å²) in [4.78, 5) is 20.5. The number of hydrogen-bond acceptors (Lipinski definition) is 4. The van der Waals surface area contributed by atoms with Gasteiger partial charge in [0.2, 0.25) is 5.91 Å². The lowest BCUT2D eigenvalue weighted by molar-refractivity contribution is -0.115. The largest absolute Gasteiger partial charge is 0.302 e. The van der Waals surface area contributed by atoms with Gasteiger partial charge >= 0.3 is 0 Å². The Kier molecular flexibility index (Phi) is 4.25. The van der Waals surface area contributed by atoms with Crippen molar-refractivity contribution in [2.75, 3.05) is 5.32 Å². The molecule has 2 heterocycles. The number of aromatic nitrogens is 2. The average molecular weight is 309 g/mol. The van der Waals surface area contributed by atoms with Gasteiger partial charge in [-0.15, -0.1) is 11.3 Å². The molecule has 1 amide bonds. The average Bonchev–Trinajstić information content (AvgIpc) is 2.99. The number of hydrogen-bond donors (Lipinski definition) is 1. The van der Waals surface area contributed by atoms with Gasteiger partial charge in [0.15, 0.2) is 5.13 Å². The van der Waals surface area contributed by atoms with Crippen LogP contribution >= 0.6 is 11.3 Å². The molecule has 0 aliphatic rings. The summed E-state index contributed by atoms with van der Waals surface area (Å²) in [5, 5.41) is 5.39. The first-order valence-electron chi connectivity index (χ1n) is 6.92. The first-order valence-corrected chi connectivity index (χ1v) is 7.80. The summed E-state index contributed by atoms with van der Waals surface area (Å²) in [7, 11) is 0. The number of carbonyl (C=O) groups is 1. The second kappa shape index (κ2) is 6.49. The van der Waals surface area contributed by atoms with Crippen molar-refractivity contribution in [2.45, 2.75) is 13.3 Å². The van der Waals surface area contributed by atoms with Gasteiger partial charge in [-0.3, -0.25) is 9.78 Å². The van der Waals surface area contributed by atoms with Crippen molar-refractivity contribution in [2.24, 2.45) is 0 Å². The number of amides is 1. The van der Waals surface area contributed by atoms with Crippen LogP contribution in [0.3, 0.4) is 0 Å². The van der Waals surface area contributed by atoms with Crippen LogP contribution in [0, 0.1) is 6.92 Å². The summed E-state index contributed by atoms with van der Waals surface area (Å²) in [5.41, 5.74) is 4.02. The lowest BCUT2D eigenvalue weighted by Crippen LogP contribution is -2.14. The molecule has 1 aromatic carbocycles. The first-order chi connectivity index (χ1) is 10.7. The molecular formula is C17H15N3OS. The number of nitrogens with zero attached hydrogens (tertiary/aromatic N) is 2. The quantitative estimate of drug-likeness (QED) is 0.799. The number of rotatable bonds is 4. The molecule has 22 heavy (non-hydrogen) atoms. The summed E-state index contributed by atoms with van der Waals surface area (Å²) in [6.07, 6.45) is 3.80. The Bertz CT molecular complexity index is 766. The predicted molar refractivity (Wildman–Crippen MR) is 88.9 cm³/mol. The molecule has 3 aromatic rings. The van der Waals surface area contributed by atoms with E-state index < -0.39 is 0 Å². The molecule has 0 aliphatic carbocycles. The Morgan fingerprint density at radius 1 is 1.14 bits per heavy atom. The summed E-state index contributed by atoms with van der Waals surface area (Å²) in [5.74, 6) is -0.0560. The third-order valence-electron chi connectivity index (χ3n) is 3.21. The van der Waals surface area contributed by atoms with Crippen LogP contribution in [-0.4, -0.2) is 15.9 Å². The smallest absolute Gasteiger partial charge is 0.230 e. The second-order valence-corrected chi connectivity index (χ2v) is 5.84. The molecule has 4 nitrogen and oxygen atoms in total. The Morgan fingerprint density at radius 2 is 1.86 bits per heavy atom. The van der Waals surface area contributed by atoms with E-state index in [0.717, 1.165) is 16.8 Å². The number of nitrogens with one attached hydrogen (secondary N) is 1. The summed E-state index contributed by atoms with van der Waals surface area (Å²) in [6, 6.07) is 11.7. The zero-order valence-corrected chi connectivity index (χ0v) is 12.9. The molecule has 0 fully saturated rings. The fourth-order valence-corrected chi connectivity index (χ4v) is 2.78. The van der Waals surface area contributed by atoms with Crippen molar-refractivity contribution in [1.29, 1.82) is 0 Å². The van der Waals surface area contributed by atoms with E-state index >= 15 is 0 Å². The van der Waals surface area contributed by atoms with Gasteiger partial charge in [0, 0.05) is 23.3 Å². The monoisotopic (exact) mass is 309 g/mol. The Morgan fingerprint density at radius 3 is 2.59 bits per heavy atom. The molecule has 0 saturated carbocycles. The zero-order chi connectivity index (χ0) is 15.4. The van der Waals surface area contributed by atoms with E-state index in [4.69, 9.17) is 0 Å². The number of anilines is 1. The molecule has 1 N–H and O–H groups in total. The highest BCUT2D eigenvalue weighted by Crippen LogP contribution is 2.24. The number of aryl methyl sites for hydroxylation is 1. The highest BCUT2D eigenvalue weighted by atomic mass is 32.1. The van der Waals surface area contributed by atoms with Crippen LogP contribution in [0.2, 0.25) is 0 Å². The predicted octanol–water partition coefficient (Wildman–Crippen LogP) is 3.69. The van der Waals surface area contributed by atoms with Gasteiger partial charge < -0.3 is 5.32 Å². The maximum absolute atomic E-state index is 12.1. The number of benzene rings is 1. The van der Waals surface area contributed by atoms with Crippen LogP contribution in [0.1, 0.15) is 11.1 Å². The topological polar surface area (TPSA) is 54.9 Å². The third kappa shape index (κ3) is 3.56. The van der Waals surface area contributed by atoms with E-state index in [0.29, 0.717) is 11.6 Å². The SMILES string of the molecule is Cc1ccc(CC(=O)Nc2nc(-c3ccncc3)cs2)cc1. The molecule has 0 radical (unpaired) electrons. The first kappa shape index (κ1) is 14.4. The zero-order valence-electron chi connectivity index (χ0n) is 12.1. The minimum Gasteiger partial charge on any atom is -0.302 e. The van der Waals surface area contributed by atoms with Crippen molar-refractivity contribution in [3.63, 3.8) is 0 Å². The van der Waals surface area contributed by atoms with Crippen molar-refractivity contribution >= 4 is 22.4 Å². The minimum absolute atomic E-state index is 0.0560. The molecular weight excluding hydrogens is 294 g/mol. The highest BCUT2D eigenvalue weighted by Gasteiger charge is 2.08. The van der Waals surface area contributed by atoms with Gasteiger partial charge in [0.1, 0.15) is 0 Å². The lowest BCUT2D eigenvalue weighted by Gasteiger charge is -2.02. The van der Waals surface area contributed by atoms with Gasteiger partial charge in [0.25, 0.3) is 0 Å². The van der Waals surface area contributed by atoms with Gasteiger partial charge in [-0.1, -0.05) is 29.8 Å². The maximum atomic E-state index is 12.1. The van der Waals surface area contributed by atoms with E-state index in [1.54, 1.807) is 12.4 Å². The molecule has 3 rings (SSSR count). The van der Waals surface area contributed by atoms with Crippen LogP contribution in [0.25, 0.3) is 11.3 Å². The molecule has 110 valence electrons. The van der Waals surface area contributed by atoms with Crippen LogP contribution in [0.4, 0.5) is 5.13 Å². The molecule has 5 heteroatoms. The Balaban J connectivity index is 1.65. The van der Waals surface area contributed by atoms with Gasteiger partial charge in [0.05, 0.1) is 12.1 Å². The third-order valence-corrected chi connectivity index (χ3v) is 3.97. The van der Waals surface area contributed by atoms with Gasteiger partial charge in [-0.05, 0) is 24.6 Å². The highest BCUT2D eigenvalue weighted by molar-refractivity contribution is 7.14. The molecule has 0 atom stereocenters. The lowest BCUT2D eigenvalue weighted by atomic mass is 10.1. The fraction of sp³-hybridized carbons (Fsp3) is 0.118. The van der Waals surface area contributed by atoms with Crippen molar-refractivity contribution in [3.05, 3.63) is 65.3 Å². The Labute approximate surface area is 132 Å². The number of thiazole rings is 1. The van der Waals surface area contributed by atoms with Gasteiger partial charge in [-0.25, -0.2) is 4.98 Å². The van der Waals surface area contributed by atoms with Crippen molar-refractivity contribution in [3.8, 4) is 11.3 Å². The van der Waals surface area contributed by atoms with Crippen LogP contribution in [-0.2, 0) is 11.2 Å². The molecule has 0 aliphatic heterocycles. The Hall–Kier alpha value is -2.53. The van der Waals surface area contributed by atoms with E-state index in [1.165, 1.54) is 16.9 Å². The second-order valence-electron chi connectivity index (χ2n) is 4.98. The van der Waals surface area contributed by atoms with E-state index in [9.17, 15) is 4.79 Å². The van der Waals surface area contributed by atoms with Gasteiger partial charge in [-0.2, -0.15) is 0 Å². The van der Waals surface area contributed by atoms with Crippen LogP contribution in [0.5, 0.6) is 0 Å². The van der Waals surface area contributed by atoms with E-state index in [1.807, 2.05) is 48.7 Å². The maximum Gasteiger partial charge on any atom is 0.230 e. The molecule has 0 spiro atoms. The molecule has 2 aromatic heterocycles. The summed E-state index contributed by atoms with van der Waals surface area (Å²) < 4.78 is 0. The van der Waals surface area contributed by atoms with Crippen molar-refractivity contribution in [1.82, 2.24) is 9.97 Å². The normalized spacial score (nSPS) is 10.4. The molecule has 0 unspecified atom stereocenters. The summed E-state index contributed by atoms with van der Waals surface area (Å²) >= 11 is 1.42. The number of pyridine rings is 1. The standard InChI is InChI=1S/C17H15N3OS/c1-12-2-4-13(5-3-12)10-16(21)20-17-19-15(11-22-17)14-6-8-18-9-7-14/h2-9,11H,10H2,1H3,(H,19,20,21). The van der Waals surface area contributed by atoms with Crippen LogP contribution in [0.15, 0.2) is 54.2 Å². The molecule has 0 saturated heterocycles. The summed E-state index contributed by atoms with van der Waals surface area (Å²) in [6.45, 7) is 2.03. The van der Waals surface area contributed by atoms with Crippen LogP contribution < -0.4 is 5.32 Å². The van der Waals surface area contributed by atoms with E-state index in [2.05, 4.69) is 15.3 Å². The van der Waals surface area contributed by atoms with E-state index in [-0.39, 0.29) is 5.91 Å². The molecule has 0 bridgehead atoms. The fourth-order valence-electron chi connectivity index (χ4n) is 2.04. The van der Waals surface area contributed by atoms with Crippen molar-refractivity contribution < 1.29 is 4.79 Å². The number of carbonyl (C=O) groups excluding carboxylic acids is 1.